The minimum atomic E-state index is -1.28. The first kappa shape index (κ1) is 12.9. The molecule has 0 aliphatic carbocycles. The van der Waals surface area contributed by atoms with Crippen LogP contribution in [-0.2, 0) is 15.3 Å². The van der Waals surface area contributed by atoms with Crippen LogP contribution in [0.2, 0.25) is 0 Å². The van der Waals surface area contributed by atoms with Gasteiger partial charge in [-0.1, -0.05) is 18.7 Å². The Balaban J connectivity index is -0.000000245. The second-order valence-electron chi connectivity index (χ2n) is 0.991. The third-order valence-corrected chi connectivity index (χ3v) is 1.20. The Labute approximate surface area is 102 Å². The number of hydrogen-bond donors (Lipinski definition) is 0. The Morgan fingerprint density at radius 1 is 1.78 bits per heavy atom. The van der Waals surface area contributed by atoms with E-state index in [0.29, 0.717) is 0 Å². The van der Waals surface area contributed by atoms with Gasteiger partial charge in [0, 0.05) is 5.41 Å². The molecule has 0 rings (SSSR count). The third kappa shape index (κ3) is 9.23. The molecule has 0 aliphatic rings. The molecule has 0 aromatic heterocycles. The summed E-state index contributed by atoms with van der Waals surface area (Å²) < 4.78 is 14.7. The molecule has 0 radical (unpaired) electrons. The molecular weight excluding hydrogens is 163 g/mol. The predicted molar refractivity (Wildman–Crippen MR) is 35.6 cm³/mol. The molecule has 0 saturated heterocycles. The zero-order chi connectivity index (χ0) is 6.41. The second-order valence-corrected chi connectivity index (χ2v) is 2.12. The molecule has 2 nitrogen and oxygen atoms in total. The molecule has 0 spiro atoms. The van der Waals surface area contributed by atoms with Crippen LogP contribution in [0.5, 0.6) is 0 Å². The van der Waals surface area contributed by atoms with E-state index in [0.717, 1.165) is 0 Å². The normalized spacial score (nSPS) is 12.6. The first-order chi connectivity index (χ1) is 3.81. The standard InChI is InChI=1S/C5H8O2S.K.H/c1-3-4-5-8(6)7-2;;/h3-5H,1H2,2H3;;/q;+1;-1. The summed E-state index contributed by atoms with van der Waals surface area (Å²) in [4.78, 5) is 0. The fraction of sp³-hybridized carbons (Fsp3) is 0.200. The van der Waals surface area contributed by atoms with E-state index in [4.69, 9.17) is 0 Å². The van der Waals surface area contributed by atoms with Crippen molar-refractivity contribution in [1.82, 2.24) is 0 Å². The van der Waals surface area contributed by atoms with Crippen molar-refractivity contribution in [2.24, 2.45) is 0 Å². The summed E-state index contributed by atoms with van der Waals surface area (Å²) in [5.74, 6) is 0. The summed E-state index contributed by atoms with van der Waals surface area (Å²) in [5.41, 5.74) is 0. The van der Waals surface area contributed by atoms with E-state index in [1.54, 1.807) is 6.08 Å². The summed E-state index contributed by atoms with van der Waals surface area (Å²) >= 11 is -1.28. The average molecular weight is 172 g/mol. The van der Waals surface area contributed by atoms with E-state index in [-0.39, 0.29) is 52.8 Å². The molecule has 0 saturated carbocycles. The molecular formula is C5H9KO2S. The van der Waals surface area contributed by atoms with Gasteiger partial charge in [-0.2, -0.15) is 0 Å². The van der Waals surface area contributed by atoms with Crippen molar-refractivity contribution in [3.8, 4) is 0 Å². The Kier molecular flexibility index (Phi) is 13.2. The molecule has 0 heterocycles. The van der Waals surface area contributed by atoms with Crippen LogP contribution in [0.4, 0.5) is 0 Å². The van der Waals surface area contributed by atoms with Gasteiger partial charge < -0.3 is 1.43 Å². The number of allylic oxidation sites excluding steroid dienone is 2. The summed E-state index contributed by atoms with van der Waals surface area (Å²) in [7, 11) is 1.38. The Bertz CT molecular complexity index is 127. The van der Waals surface area contributed by atoms with Crippen molar-refractivity contribution >= 4 is 11.1 Å². The van der Waals surface area contributed by atoms with Crippen LogP contribution in [0.25, 0.3) is 0 Å². The zero-order valence-electron chi connectivity index (χ0n) is 6.66. The van der Waals surface area contributed by atoms with Crippen molar-refractivity contribution in [2.75, 3.05) is 7.11 Å². The van der Waals surface area contributed by atoms with Crippen molar-refractivity contribution in [2.45, 2.75) is 0 Å². The number of hydrogen-bond acceptors (Lipinski definition) is 2. The maximum atomic E-state index is 10.3. The zero-order valence-corrected chi connectivity index (χ0v) is 9.60. The van der Waals surface area contributed by atoms with Crippen LogP contribution in [0.15, 0.2) is 24.1 Å². The molecule has 0 fully saturated rings. The van der Waals surface area contributed by atoms with Crippen LogP contribution in [0.1, 0.15) is 1.43 Å². The van der Waals surface area contributed by atoms with Gasteiger partial charge in [-0.15, -0.1) is 0 Å². The summed E-state index contributed by atoms with van der Waals surface area (Å²) in [6.45, 7) is 3.39. The Hall–Kier alpha value is 1.23. The van der Waals surface area contributed by atoms with Gasteiger partial charge in [0.25, 0.3) is 0 Å². The van der Waals surface area contributed by atoms with Gasteiger partial charge in [-0.05, 0) is 0 Å². The van der Waals surface area contributed by atoms with E-state index >= 15 is 0 Å². The maximum Gasteiger partial charge on any atom is 1.00 e. The molecule has 1 unspecified atom stereocenters. The molecule has 1 atom stereocenters. The summed E-state index contributed by atoms with van der Waals surface area (Å²) in [6, 6.07) is 0. The smallest absolute Gasteiger partial charge is 1.00 e. The summed E-state index contributed by atoms with van der Waals surface area (Å²) in [6.07, 6.45) is 3.11. The molecule has 9 heavy (non-hydrogen) atoms. The molecule has 48 valence electrons. The molecule has 4 heteroatoms. The van der Waals surface area contributed by atoms with Gasteiger partial charge >= 0.3 is 51.4 Å². The molecule has 0 bridgehead atoms. The van der Waals surface area contributed by atoms with Crippen molar-refractivity contribution in [3.05, 3.63) is 24.1 Å². The average Bonchev–Trinajstić information content (AvgIpc) is 1.83. The fourth-order valence-electron chi connectivity index (χ4n) is 0.175. The van der Waals surface area contributed by atoms with Gasteiger partial charge in [-0.25, -0.2) is 4.21 Å². The monoisotopic (exact) mass is 172 g/mol. The van der Waals surface area contributed by atoms with E-state index in [9.17, 15) is 4.21 Å². The minimum Gasteiger partial charge on any atom is -1.00 e. The Morgan fingerprint density at radius 2 is 2.33 bits per heavy atom. The van der Waals surface area contributed by atoms with Gasteiger partial charge in [0.05, 0.1) is 7.11 Å². The van der Waals surface area contributed by atoms with Crippen molar-refractivity contribution < 1.29 is 61.2 Å². The van der Waals surface area contributed by atoms with Crippen LogP contribution >= 0.6 is 0 Å². The van der Waals surface area contributed by atoms with Crippen LogP contribution < -0.4 is 51.4 Å². The molecule has 0 aliphatic heterocycles. The molecule has 0 aromatic carbocycles. The van der Waals surface area contributed by atoms with Gasteiger partial charge in [0.2, 0.25) is 0 Å². The topological polar surface area (TPSA) is 26.3 Å². The van der Waals surface area contributed by atoms with Gasteiger partial charge in [0.15, 0.2) is 11.1 Å². The molecule has 0 N–H and O–H groups in total. The largest absolute Gasteiger partial charge is 1.00 e. The van der Waals surface area contributed by atoms with E-state index < -0.39 is 11.1 Å². The van der Waals surface area contributed by atoms with Crippen LogP contribution in [0.3, 0.4) is 0 Å². The fourth-order valence-corrected chi connectivity index (χ4v) is 0.526. The Morgan fingerprint density at radius 3 is 2.67 bits per heavy atom. The van der Waals surface area contributed by atoms with Crippen LogP contribution in [-0.4, -0.2) is 11.3 Å². The van der Waals surface area contributed by atoms with E-state index in [1.807, 2.05) is 0 Å². The van der Waals surface area contributed by atoms with Crippen LogP contribution in [0, 0.1) is 0 Å². The first-order valence-electron chi connectivity index (χ1n) is 2.05. The second kappa shape index (κ2) is 9.23. The third-order valence-electron chi connectivity index (χ3n) is 0.490. The quantitative estimate of drug-likeness (QED) is 0.368. The minimum absolute atomic E-state index is 0. The molecule has 0 amide bonds. The first-order valence-corrected chi connectivity index (χ1v) is 3.19. The van der Waals surface area contributed by atoms with Crippen molar-refractivity contribution in [3.63, 3.8) is 0 Å². The number of rotatable bonds is 3. The van der Waals surface area contributed by atoms with Crippen molar-refractivity contribution in [1.29, 1.82) is 0 Å². The SMILES string of the molecule is C=CC=CS(=O)OC.[H-].[K+]. The maximum absolute atomic E-state index is 10.3. The summed E-state index contributed by atoms with van der Waals surface area (Å²) in [5, 5.41) is 1.41. The van der Waals surface area contributed by atoms with E-state index in [1.165, 1.54) is 18.6 Å². The van der Waals surface area contributed by atoms with Gasteiger partial charge in [0.1, 0.15) is 0 Å². The van der Waals surface area contributed by atoms with E-state index in [2.05, 4.69) is 10.8 Å². The molecule has 0 aromatic rings. The predicted octanol–water partition coefficient (Wildman–Crippen LogP) is -1.89. The van der Waals surface area contributed by atoms with Gasteiger partial charge in [-0.3, -0.25) is 4.18 Å².